The number of rotatable bonds is 5. The lowest BCUT2D eigenvalue weighted by Crippen LogP contribution is -2.00. The number of fused-ring (bicyclic) bond motifs is 7. The summed E-state index contributed by atoms with van der Waals surface area (Å²) in [5, 5.41) is 6.75. The lowest BCUT2D eigenvalue weighted by atomic mass is 9.97. The molecule has 0 saturated carbocycles. The zero-order chi connectivity index (χ0) is 35.6. The summed E-state index contributed by atoms with van der Waals surface area (Å²) in [5.41, 5.74) is 9.76. The molecule has 0 aliphatic carbocycles. The number of para-hydroxylation sites is 2. The second kappa shape index (κ2) is 12.1. The zero-order valence-electron chi connectivity index (χ0n) is 29.0. The van der Waals surface area contributed by atoms with Crippen molar-refractivity contribution in [3.63, 3.8) is 0 Å². The van der Waals surface area contributed by atoms with E-state index in [0.717, 1.165) is 66.5 Å². The lowest BCUT2D eigenvalue weighted by Gasteiger charge is -2.13. The SMILES string of the molecule is c1ccc(-c2nc(-c3ccccc3)nc(-c3cccc4oc5c(-c6ccc7ccccc7c6)cc(-n6c7ccccc7c7ccccc76)cc5c34)n2)cc1. The molecule has 0 bridgehead atoms. The maximum absolute atomic E-state index is 6.91. The first-order valence-corrected chi connectivity index (χ1v) is 18.1. The Morgan fingerprint density at radius 1 is 0.389 bits per heavy atom. The Balaban J connectivity index is 1.24. The minimum atomic E-state index is 0.588. The van der Waals surface area contributed by atoms with E-state index in [1.807, 2.05) is 72.8 Å². The molecule has 0 unspecified atom stereocenters. The van der Waals surface area contributed by atoms with Crippen molar-refractivity contribution in [2.45, 2.75) is 0 Å². The van der Waals surface area contributed by atoms with Crippen LogP contribution in [0.2, 0.25) is 0 Å². The van der Waals surface area contributed by atoms with Crippen molar-refractivity contribution in [1.29, 1.82) is 0 Å². The molecular weight excluding hydrogens is 661 g/mol. The van der Waals surface area contributed by atoms with Gasteiger partial charge in [0.1, 0.15) is 11.2 Å². The minimum absolute atomic E-state index is 0.588. The standard InChI is InChI=1S/C49H30N4O/c1-3-15-32(16-4-1)47-50-48(33-17-5-2-6-18-33)52-49(51-47)39-22-13-25-44-45(39)41-30-36(53-42-23-11-9-20-37(42)38-21-10-12-24-43(38)53)29-40(46(41)54-44)35-27-26-31-14-7-8-19-34(31)28-35/h1-30H. The predicted molar refractivity (Wildman–Crippen MR) is 221 cm³/mol. The first-order valence-electron chi connectivity index (χ1n) is 18.1. The summed E-state index contributed by atoms with van der Waals surface area (Å²) >= 11 is 0. The van der Waals surface area contributed by atoms with Gasteiger partial charge in [0.15, 0.2) is 17.5 Å². The quantitative estimate of drug-likeness (QED) is 0.180. The number of aromatic nitrogens is 4. The van der Waals surface area contributed by atoms with Crippen LogP contribution >= 0.6 is 0 Å². The Hall–Kier alpha value is -7.37. The molecule has 3 aromatic heterocycles. The van der Waals surface area contributed by atoms with Crippen molar-refractivity contribution in [2.75, 3.05) is 0 Å². The van der Waals surface area contributed by atoms with Crippen molar-refractivity contribution in [3.05, 3.63) is 182 Å². The molecule has 3 heterocycles. The third-order valence-corrected chi connectivity index (χ3v) is 10.4. The van der Waals surface area contributed by atoms with Gasteiger partial charge in [0, 0.05) is 49.5 Å². The zero-order valence-corrected chi connectivity index (χ0v) is 29.0. The van der Waals surface area contributed by atoms with Gasteiger partial charge in [-0.25, -0.2) is 15.0 Å². The van der Waals surface area contributed by atoms with E-state index >= 15 is 0 Å². The molecule has 5 nitrogen and oxygen atoms in total. The average Bonchev–Trinajstić information content (AvgIpc) is 3.80. The van der Waals surface area contributed by atoms with Crippen LogP contribution < -0.4 is 0 Å². The van der Waals surface area contributed by atoms with Crippen molar-refractivity contribution in [2.24, 2.45) is 0 Å². The van der Waals surface area contributed by atoms with Gasteiger partial charge in [-0.2, -0.15) is 0 Å². The summed E-state index contributed by atoms with van der Waals surface area (Å²) in [5.74, 6) is 1.82. The highest BCUT2D eigenvalue weighted by molar-refractivity contribution is 6.17. The molecule has 5 heteroatoms. The first-order chi connectivity index (χ1) is 26.8. The number of benzene rings is 8. The van der Waals surface area contributed by atoms with Gasteiger partial charge in [-0.1, -0.05) is 146 Å². The molecule has 54 heavy (non-hydrogen) atoms. The summed E-state index contributed by atoms with van der Waals surface area (Å²) < 4.78 is 9.28. The first kappa shape index (κ1) is 30.3. The monoisotopic (exact) mass is 690 g/mol. The van der Waals surface area contributed by atoms with Crippen LogP contribution in [0.1, 0.15) is 0 Å². The second-order valence-electron chi connectivity index (χ2n) is 13.6. The minimum Gasteiger partial charge on any atom is -0.455 e. The molecule has 0 amide bonds. The van der Waals surface area contributed by atoms with E-state index in [0.29, 0.717) is 17.5 Å². The Bertz CT molecular complexity index is 3110. The molecule has 11 aromatic rings. The van der Waals surface area contributed by atoms with E-state index < -0.39 is 0 Å². The van der Waals surface area contributed by atoms with Gasteiger partial charge >= 0.3 is 0 Å². The van der Waals surface area contributed by atoms with Crippen LogP contribution in [-0.4, -0.2) is 19.5 Å². The van der Waals surface area contributed by atoms with Gasteiger partial charge in [0.2, 0.25) is 0 Å². The van der Waals surface area contributed by atoms with Crippen LogP contribution in [0, 0.1) is 0 Å². The second-order valence-corrected chi connectivity index (χ2v) is 13.6. The molecule has 8 aromatic carbocycles. The Morgan fingerprint density at radius 2 is 0.981 bits per heavy atom. The van der Waals surface area contributed by atoms with Crippen LogP contribution in [0.3, 0.4) is 0 Å². The molecule has 0 aliphatic rings. The molecule has 0 fully saturated rings. The highest BCUT2D eigenvalue weighted by atomic mass is 16.3. The fraction of sp³-hybridized carbons (Fsp3) is 0. The maximum Gasteiger partial charge on any atom is 0.164 e. The fourth-order valence-electron chi connectivity index (χ4n) is 7.93. The highest BCUT2D eigenvalue weighted by Gasteiger charge is 2.22. The number of hydrogen-bond acceptors (Lipinski definition) is 4. The van der Waals surface area contributed by atoms with Crippen LogP contribution in [0.5, 0.6) is 0 Å². The van der Waals surface area contributed by atoms with Crippen molar-refractivity contribution < 1.29 is 4.42 Å². The van der Waals surface area contributed by atoms with Gasteiger partial charge in [0.25, 0.3) is 0 Å². The van der Waals surface area contributed by atoms with Crippen LogP contribution in [0.4, 0.5) is 0 Å². The summed E-state index contributed by atoms with van der Waals surface area (Å²) in [4.78, 5) is 15.2. The Kier molecular flexibility index (Phi) is 6.79. The van der Waals surface area contributed by atoms with Crippen molar-refractivity contribution in [3.8, 4) is 51.0 Å². The predicted octanol–water partition coefficient (Wildman–Crippen LogP) is 12.7. The van der Waals surface area contributed by atoms with Gasteiger partial charge < -0.3 is 8.98 Å². The molecule has 0 radical (unpaired) electrons. The van der Waals surface area contributed by atoms with E-state index in [9.17, 15) is 0 Å². The average molecular weight is 691 g/mol. The fourth-order valence-corrected chi connectivity index (χ4v) is 7.93. The molecule has 0 spiro atoms. The number of nitrogens with zero attached hydrogens (tertiary/aromatic N) is 4. The van der Waals surface area contributed by atoms with E-state index in [1.54, 1.807) is 0 Å². The molecular formula is C49H30N4O. The van der Waals surface area contributed by atoms with E-state index in [-0.39, 0.29) is 0 Å². The van der Waals surface area contributed by atoms with Gasteiger partial charge in [-0.3, -0.25) is 0 Å². The molecule has 11 rings (SSSR count). The van der Waals surface area contributed by atoms with Gasteiger partial charge in [0.05, 0.1) is 11.0 Å². The molecule has 0 saturated heterocycles. The topological polar surface area (TPSA) is 56.7 Å². The number of hydrogen-bond donors (Lipinski definition) is 0. The smallest absolute Gasteiger partial charge is 0.164 e. The largest absolute Gasteiger partial charge is 0.455 e. The maximum atomic E-state index is 6.91. The van der Waals surface area contributed by atoms with E-state index in [1.165, 1.54) is 21.5 Å². The summed E-state index contributed by atoms with van der Waals surface area (Å²) in [7, 11) is 0. The highest BCUT2D eigenvalue weighted by Crippen LogP contribution is 2.43. The summed E-state index contributed by atoms with van der Waals surface area (Å²) in [6.45, 7) is 0. The Morgan fingerprint density at radius 3 is 1.67 bits per heavy atom. The van der Waals surface area contributed by atoms with E-state index in [4.69, 9.17) is 19.4 Å². The molecule has 0 atom stereocenters. The molecule has 0 aliphatic heterocycles. The summed E-state index contributed by atoms with van der Waals surface area (Å²) in [6.07, 6.45) is 0. The van der Waals surface area contributed by atoms with Crippen molar-refractivity contribution >= 4 is 54.5 Å². The Labute approximate surface area is 310 Å². The molecule has 0 N–H and O–H groups in total. The normalized spacial score (nSPS) is 11.7. The third kappa shape index (κ3) is 4.83. The van der Waals surface area contributed by atoms with Crippen LogP contribution in [0.25, 0.3) is 105 Å². The lowest BCUT2D eigenvalue weighted by molar-refractivity contribution is 0.670. The van der Waals surface area contributed by atoms with Crippen LogP contribution in [-0.2, 0) is 0 Å². The van der Waals surface area contributed by atoms with Crippen LogP contribution in [0.15, 0.2) is 186 Å². The third-order valence-electron chi connectivity index (χ3n) is 10.4. The molecule has 252 valence electrons. The van der Waals surface area contributed by atoms with Gasteiger partial charge in [-0.15, -0.1) is 0 Å². The summed E-state index contributed by atoms with van der Waals surface area (Å²) in [6, 6.07) is 63.3. The van der Waals surface area contributed by atoms with E-state index in [2.05, 4.69) is 114 Å². The van der Waals surface area contributed by atoms with Gasteiger partial charge in [-0.05, 0) is 52.7 Å². The number of furan rings is 1. The van der Waals surface area contributed by atoms with Crippen molar-refractivity contribution in [1.82, 2.24) is 19.5 Å².